The number of allylic oxidation sites excluding steroid dienone is 4. The van der Waals surface area contributed by atoms with Crippen LogP contribution in [0.2, 0.25) is 0 Å². The van der Waals surface area contributed by atoms with Gasteiger partial charge in [-0.15, -0.1) is 0 Å². The molecule has 0 radical (unpaired) electrons. The number of hydrogen-bond donors (Lipinski definition) is 6. The summed E-state index contributed by atoms with van der Waals surface area (Å²) < 4.78 is 12.2. The summed E-state index contributed by atoms with van der Waals surface area (Å²) in [5, 5.41) is 65.0. The Morgan fingerprint density at radius 1 is 0.795 bits per heavy atom. The lowest BCUT2D eigenvalue weighted by atomic mass is 9.35. The van der Waals surface area contributed by atoms with Crippen molar-refractivity contribution in [2.45, 2.75) is 143 Å². The molecule has 5 aliphatic carbocycles. The molecule has 0 aromatic heterocycles. The van der Waals surface area contributed by atoms with Crippen molar-refractivity contribution in [2.75, 3.05) is 13.2 Å². The van der Waals surface area contributed by atoms with E-state index in [9.17, 15) is 30.6 Å². The second kappa shape index (κ2) is 10.6. The molecule has 1 saturated heterocycles. The van der Waals surface area contributed by atoms with Crippen LogP contribution in [0.3, 0.4) is 0 Å². The lowest BCUT2D eigenvalue weighted by Crippen LogP contribution is -2.65. The molecule has 1 heterocycles. The Bertz CT molecular complexity index is 1200. The largest absolute Gasteiger partial charge is 0.396 e. The summed E-state index contributed by atoms with van der Waals surface area (Å²) in [6.07, 6.45) is 4.75. The first-order valence-electron chi connectivity index (χ1n) is 17.1. The molecule has 14 atom stereocenters. The third-order valence-electron chi connectivity index (χ3n) is 14.8. The van der Waals surface area contributed by atoms with Crippen molar-refractivity contribution in [3.05, 3.63) is 23.3 Å². The van der Waals surface area contributed by atoms with Crippen molar-refractivity contribution in [2.24, 2.45) is 44.3 Å². The molecule has 1 aliphatic heterocycles. The Labute approximate surface area is 263 Å². The number of aliphatic hydroxyl groups excluding tert-OH is 6. The zero-order valence-electron chi connectivity index (χ0n) is 27.9. The van der Waals surface area contributed by atoms with Crippen molar-refractivity contribution in [1.29, 1.82) is 0 Å². The van der Waals surface area contributed by atoms with E-state index >= 15 is 0 Å². The summed E-state index contributed by atoms with van der Waals surface area (Å²) in [6.45, 7) is 15.4. The second-order valence-corrected chi connectivity index (χ2v) is 17.4. The van der Waals surface area contributed by atoms with Gasteiger partial charge in [0, 0.05) is 16.2 Å². The molecule has 0 amide bonds. The first-order valence-corrected chi connectivity index (χ1v) is 17.1. The summed E-state index contributed by atoms with van der Waals surface area (Å²) in [4.78, 5) is 0. The van der Waals surface area contributed by atoms with E-state index in [1.807, 2.05) is 0 Å². The third-order valence-corrected chi connectivity index (χ3v) is 14.8. The highest BCUT2D eigenvalue weighted by atomic mass is 16.7. The Kier molecular flexibility index (Phi) is 7.95. The molecule has 6 rings (SSSR count). The topological polar surface area (TPSA) is 140 Å². The van der Waals surface area contributed by atoms with E-state index in [-0.39, 0.29) is 46.7 Å². The molecule has 6 N–H and O–H groups in total. The summed E-state index contributed by atoms with van der Waals surface area (Å²) >= 11 is 0. The van der Waals surface area contributed by atoms with Crippen LogP contribution in [0.4, 0.5) is 0 Å². The Hall–Kier alpha value is -0.840. The zero-order chi connectivity index (χ0) is 32.3. The second-order valence-electron chi connectivity index (χ2n) is 17.4. The van der Waals surface area contributed by atoms with Crippen molar-refractivity contribution in [3.63, 3.8) is 0 Å². The molecule has 6 unspecified atom stereocenters. The lowest BCUT2D eigenvalue weighted by molar-refractivity contribution is -0.323. The van der Waals surface area contributed by atoms with E-state index in [1.165, 1.54) is 11.1 Å². The fourth-order valence-electron chi connectivity index (χ4n) is 11.6. The van der Waals surface area contributed by atoms with Gasteiger partial charge in [-0.3, -0.25) is 0 Å². The van der Waals surface area contributed by atoms with Gasteiger partial charge in [-0.1, -0.05) is 64.8 Å². The van der Waals surface area contributed by atoms with Gasteiger partial charge in [-0.25, -0.2) is 0 Å². The van der Waals surface area contributed by atoms with Gasteiger partial charge < -0.3 is 40.1 Å². The molecule has 6 aliphatic rings. The van der Waals surface area contributed by atoms with Crippen LogP contribution in [0.25, 0.3) is 0 Å². The molecule has 44 heavy (non-hydrogen) atoms. The molecule has 8 heteroatoms. The van der Waals surface area contributed by atoms with Crippen molar-refractivity contribution in [3.8, 4) is 0 Å². The molecule has 0 spiro atoms. The van der Waals surface area contributed by atoms with Crippen LogP contribution in [-0.4, -0.2) is 86.8 Å². The number of rotatable bonds is 4. The average Bonchev–Trinajstić information content (AvgIpc) is 2.96. The molecule has 5 fully saturated rings. The van der Waals surface area contributed by atoms with Gasteiger partial charge in [0.2, 0.25) is 0 Å². The Balaban J connectivity index is 1.36. The summed E-state index contributed by atoms with van der Waals surface area (Å²) in [5.41, 5.74) is 1.18. The maximum absolute atomic E-state index is 11.9. The van der Waals surface area contributed by atoms with Crippen molar-refractivity contribution >= 4 is 0 Å². The van der Waals surface area contributed by atoms with Crippen molar-refractivity contribution < 1.29 is 40.1 Å². The summed E-state index contributed by atoms with van der Waals surface area (Å²) in [7, 11) is 0. The van der Waals surface area contributed by atoms with E-state index in [0.29, 0.717) is 12.8 Å². The van der Waals surface area contributed by atoms with Crippen LogP contribution in [-0.2, 0) is 9.47 Å². The van der Waals surface area contributed by atoms with Gasteiger partial charge in [0.15, 0.2) is 6.29 Å². The van der Waals surface area contributed by atoms with E-state index in [1.54, 1.807) is 6.92 Å². The zero-order valence-corrected chi connectivity index (χ0v) is 27.9. The van der Waals surface area contributed by atoms with E-state index in [4.69, 9.17) is 9.47 Å². The molecule has 0 aromatic rings. The average molecular weight is 619 g/mol. The van der Waals surface area contributed by atoms with Gasteiger partial charge in [0.05, 0.1) is 31.5 Å². The molecule has 0 aromatic carbocycles. The molecule has 8 nitrogen and oxygen atoms in total. The summed E-state index contributed by atoms with van der Waals surface area (Å²) in [5.74, 6) is 0.235. The maximum Gasteiger partial charge on any atom is 0.186 e. The highest BCUT2D eigenvalue weighted by Crippen LogP contribution is 2.74. The molecular weight excluding hydrogens is 560 g/mol. The minimum absolute atomic E-state index is 0.0137. The number of ether oxygens (including phenoxy) is 2. The van der Waals surface area contributed by atoms with E-state index in [0.717, 1.165) is 38.5 Å². The fraction of sp³-hybridized carbons (Fsp3) is 0.889. The van der Waals surface area contributed by atoms with Crippen LogP contribution in [0.5, 0.6) is 0 Å². The Morgan fingerprint density at radius 2 is 1.50 bits per heavy atom. The van der Waals surface area contributed by atoms with Crippen LogP contribution < -0.4 is 0 Å². The molecule has 4 saturated carbocycles. The first-order chi connectivity index (χ1) is 20.4. The van der Waals surface area contributed by atoms with Crippen LogP contribution in [0.15, 0.2) is 23.3 Å². The molecular formula is C36H58O8. The van der Waals surface area contributed by atoms with Gasteiger partial charge >= 0.3 is 0 Å². The van der Waals surface area contributed by atoms with Gasteiger partial charge in [-0.05, 0) is 86.4 Å². The standard InChI is InChI=1S/C36H58O8/c1-20-27(40)28(41)29(42)30(43-20)44-26-11-12-32(4)23(33(26,5)18-37)10-13-34(6)24(32)9-8-21-22-16-31(2,3)14-15-36(22,19-38)25(39)17-35(21,34)7/h8-9,20,22-23,25-30,37-42H,10-19H2,1-7H3/t20?,22-,23+,25?,26?,27?,28?,29?,30-,32+,33+,34+,35-,36+/m1/s1. The monoisotopic (exact) mass is 618 g/mol. The highest BCUT2D eigenvalue weighted by Gasteiger charge is 2.68. The number of aliphatic hydroxyl groups is 6. The predicted octanol–water partition coefficient (Wildman–Crippen LogP) is 3.86. The molecule has 0 bridgehead atoms. The predicted molar refractivity (Wildman–Crippen MR) is 166 cm³/mol. The molecule has 250 valence electrons. The quantitative estimate of drug-likeness (QED) is 0.261. The lowest BCUT2D eigenvalue weighted by Gasteiger charge is -2.69. The normalized spacial score (nSPS) is 55.1. The smallest absolute Gasteiger partial charge is 0.186 e. The van der Waals surface area contributed by atoms with Crippen LogP contribution >= 0.6 is 0 Å². The highest BCUT2D eigenvalue weighted by molar-refractivity contribution is 5.46. The van der Waals surface area contributed by atoms with E-state index < -0.39 is 53.7 Å². The van der Waals surface area contributed by atoms with Crippen LogP contribution in [0, 0.1) is 44.3 Å². The Morgan fingerprint density at radius 3 is 2.16 bits per heavy atom. The van der Waals surface area contributed by atoms with Gasteiger partial charge in [0.1, 0.15) is 18.3 Å². The number of hydrogen-bond acceptors (Lipinski definition) is 8. The van der Waals surface area contributed by atoms with Gasteiger partial charge in [-0.2, -0.15) is 0 Å². The minimum Gasteiger partial charge on any atom is -0.396 e. The van der Waals surface area contributed by atoms with Crippen LogP contribution in [0.1, 0.15) is 99.8 Å². The third kappa shape index (κ3) is 4.31. The van der Waals surface area contributed by atoms with E-state index in [2.05, 4.69) is 53.7 Å². The summed E-state index contributed by atoms with van der Waals surface area (Å²) in [6, 6.07) is 0. The fourth-order valence-corrected chi connectivity index (χ4v) is 11.6. The van der Waals surface area contributed by atoms with Gasteiger partial charge in [0.25, 0.3) is 0 Å². The first kappa shape index (κ1) is 33.1. The maximum atomic E-state index is 11.9. The minimum atomic E-state index is -1.38. The van der Waals surface area contributed by atoms with Crippen molar-refractivity contribution in [1.82, 2.24) is 0 Å². The number of fused-ring (bicyclic) bond motifs is 7. The SMILES string of the molecule is CC1O[C@H](OC2CC[C@]3(C)C4=CC=C5[C@H]6CC(C)(C)CC[C@@]6(CO)C(O)C[C@@]5(C)[C@@]4(C)CC[C@@H]3[C@]2(C)CO)C(O)C(O)C1O.